The number of hydrogen-bond donors (Lipinski definition) is 1. The van der Waals surface area contributed by atoms with Crippen LogP contribution in [0, 0.1) is 0 Å². The van der Waals surface area contributed by atoms with E-state index in [-0.39, 0.29) is 12.6 Å². The zero-order chi connectivity index (χ0) is 13.8. The zero-order valence-corrected chi connectivity index (χ0v) is 12.0. The fraction of sp³-hybridized carbons (Fsp3) is 0.538. The number of sulfonamides is 1. The first-order valence-electron chi connectivity index (χ1n) is 6.14. The summed E-state index contributed by atoms with van der Waals surface area (Å²) in [6.45, 7) is 5.94. The molecule has 0 fully saturated rings. The number of benzene rings is 1. The Labute approximate surface area is 110 Å². The molecule has 0 amide bonds. The Bertz CT molecular complexity index is 457. The molecule has 0 radical (unpaired) electrons. The second-order valence-electron chi connectivity index (χ2n) is 4.72. The lowest BCUT2D eigenvalue weighted by Gasteiger charge is -2.28. The lowest BCUT2D eigenvalue weighted by atomic mass is 10.2. The minimum absolute atomic E-state index is 0.0794. The Morgan fingerprint density at radius 1 is 1.17 bits per heavy atom. The third-order valence-corrected chi connectivity index (χ3v) is 5.34. The Morgan fingerprint density at radius 3 is 2.17 bits per heavy atom. The van der Waals surface area contributed by atoms with Crippen molar-refractivity contribution < 1.29 is 8.42 Å². The fourth-order valence-corrected chi connectivity index (χ4v) is 3.30. The van der Waals surface area contributed by atoms with Gasteiger partial charge in [-0.15, -0.1) is 0 Å². The summed E-state index contributed by atoms with van der Waals surface area (Å²) in [5.41, 5.74) is 6.47. The van der Waals surface area contributed by atoms with Crippen LogP contribution >= 0.6 is 0 Å². The van der Waals surface area contributed by atoms with Gasteiger partial charge in [-0.3, -0.25) is 0 Å². The molecule has 5 heteroatoms. The van der Waals surface area contributed by atoms with E-state index in [1.54, 1.807) is 6.92 Å². The van der Waals surface area contributed by atoms with Gasteiger partial charge in [-0.1, -0.05) is 30.3 Å². The van der Waals surface area contributed by atoms with Gasteiger partial charge in [0.25, 0.3) is 0 Å². The topological polar surface area (TPSA) is 63.4 Å². The minimum atomic E-state index is -3.34. The summed E-state index contributed by atoms with van der Waals surface area (Å²) < 4.78 is 26.2. The van der Waals surface area contributed by atoms with Crippen LogP contribution in [0.2, 0.25) is 0 Å². The number of rotatable bonds is 6. The molecule has 0 heterocycles. The van der Waals surface area contributed by atoms with Crippen LogP contribution in [0.15, 0.2) is 30.3 Å². The minimum Gasteiger partial charge on any atom is -0.329 e. The van der Waals surface area contributed by atoms with Crippen molar-refractivity contribution in [3.8, 4) is 0 Å². The first-order chi connectivity index (χ1) is 8.39. The summed E-state index contributed by atoms with van der Waals surface area (Å²) in [6, 6.07) is 9.51. The number of nitrogens with two attached hydrogens (primary N) is 1. The maximum absolute atomic E-state index is 12.4. The van der Waals surface area contributed by atoms with Crippen LogP contribution in [0.25, 0.3) is 0 Å². The molecule has 0 spiro atoms. The predicted octanol–water partition coefficient (Wildman–Crippen LogP) is 1.57. The summed E-state index contributed by atoms with van der Waals surface area (Å²) in [4.78, 5) is 0. The van der Waals surface area contributed by atoms with Gasteiger partial charge >= 0.3 is 0 Å². The third kappa shape index (κ3) is 3.54. The molecule has 0 saturated carbocycles. The van der Waals surface area contributed by atoms with Gasteiger partial charge in [0.1, 0.15) is 0 Å². The third-order valence-electron chi connectivity index (χ3n) is 2.92. The van der Waals surface area contributed by atoms with Crippen molar-refractivity contribution >= 4 is 10.0 Å². The molecule has 102 valence electrons. The van der Waals surface area contributed by atoms with Crippen molar-refractivity contribution in [2.45, 2.75) is 38.6 Å². The largest absolute Gasteiger partial charge is 0.329 e. The molecule has 0 aromatic heterocycles. The highest BCUT2D eigenvalue weighted by Crippen LogP contribution is 2.16. The summed E-state index contributed by atoms with van der Waals surface area (Å²) in [5, 5.41) is -0.552. The van der Waals surface area contributed by atoms with Gasteiger partial charge in [-0.25, -0.2) is 8.42 Å². The predicted molar refractivity (Wildman–Crippen MR) is 74.6 cm³/mol. The van der Waals surface area contributed by atoms with E-state index in [0.29, 0.717) is 6.54 Å². The lowest BCUT2D eigenvalue weighted by molar-refractivity contribution is 0.344. The van der Waals surface area contributed by atoms with Crippen molar-refractivity contribution in [1.29, 1.82) is 0 Å². The summed E-state index contributed by atoms with van der Waals surface area (Å²) in [6.07, 6.45) is 0. The van der Waals surface area contributed by atoms with Gasteiger partial charge in [0.15, 0.2) is 0 Å². The maximum Gasteiger partial charge on any atom is 0.218 e. The van der Waals surface area contributed by atoms with Gasteiger partial charge in [-0.2, -0.15) is 4.31 Å². The standard InChI is InChI=1S/C13H22N2O2S/c1-11(2)15(18(16,17)12(3)9-14)10-13-7-5-4-6-8-13/h4-8,11-12H,9-10,14H2,1-3H3. The van der Waals surface area contributed by atoms with Crippen molar-refractivity contribution in [3.05, 3.63) is 35.9 Å². The van der Waals surface area contributed by atoms with Crippen LogP contribution in [0.3, 0.4) is 0 Å². The molecule has 18 heavy (non-hydrogen) atoms. The average molecular weight is 270 g/mol. The van der Waals surface area contributed by atoms with E-state index in [1.165, 1.54) is 4.31 Å². The van der Waals surface area contributed by atoms with Crippen molar-refractivity contribution in [3.63, 3.8) is 0 Å². The highest BCUT2D eigenvalue weighted by molar-refractivity contribution is 7.89. The molecule has 0 aliphatic carbocycles. The second kappa shape index (κ2) is 6.31. The van der Waals surface area contributed by atoms with E-state index in [0.717, 1.165) is 5.56 Å². The first-order valence-corrected chi connectivity index (χ1v) is 7.64. The molecule has 2 N–H and O–H groups in total. The van der Waals surface area contributed by atoms with Gasteiger partial charge < -0.3 is 5.73 Å². The van der Waals surface area contributed by atoms with Gasteiger partial charge in [0, 0.05) is 19.1 Å². The molecule has 0 aliphatic rings. The molecular weight excluding hydrogens is 248 g/mol. The van der Waals surface area contributed by atoms with Crippen LogP contribution in [-0.4, -0.2) is 30.6 Å². The maximum atomic E-state index is 12.4. The monoisotopic (exact) mass is 270 g/mol. The average Bonchev–Trinajstić information content (AvgIpc) is 2.35. The Morgan fingerprint density at radius 2 is 1.72 bits per heavy atom. The fourth-order valence-electron chi connectivity index (χ4n) is 1.68. The normalized spacial score (nSPS) is 14.1. The van der Waals surface area contributed by atoms with E-state index < -0.39 is 15.3 Å². The van der Waals surface area contributed by atoms with E-state index in [1.807, 2.05) is 44.2 Å². The molecule has 1 rings (SSSR count). The number of hydrogen-bond acceptors (Lipinski definition) is 3. The molecular formula is C13H22N2O2S. The van der Waals surface area contributed by atoms with Crippen molar-refractivity contribution in [1.82, 2.24) is 4.31 Å². The molecule has 1 unspecified atom stereocenters. The van der Waals surface area contributed by atoms with E-state index in [4.69, 9.17) is 5.73 Å². The molecule has 4 nitrogen and oxygen atoms in total. The molecule has 1 aromatic rings. The Hall–Kier alpha value is -0.910. The quantitative estimate of drug-likeness (QED) is 0.853. The zero-order valence-electron chi connectivity index (χ0n) is 11.2. The van der Waals surface area contributed by atoms with Crippen molar-refractivity contribution in [2.24, 2.45) is 5.73 Å². The van der Waals surface area contributed by atoms with E-state index >= 15 is 0 Å². The summed E-state index contributed by atoms with van der Waals surface area (Å²) >= 11 is 0. The van der Waals surface area contributed by atoms with Gasteiger partial charge in [0.05, 0.1) is 5.25 Å². The van der Waals surface area contributed by atoms with Gasteiger partial charge in [0.2, 0.25) is 10.0 Å². The molecule has 0 saturated heterocycles. The highest BCUT2D eigenvalue weighted by Gasteiger charge is 2.29. The van der Waals surface area contributed by atoms with Crippen LogP contribution < -0.4 is 5.73 Å². The molecule has 1 aromatic carbocycles. The van der Waals surface area contributed by atoms with Gasteiger partial charge in [-0.05, 0) is 26.3 Å². The lowest BCUT2D eigenvalue weighted by Crippen LogP contribution is -2.43. The molecule has 0 aliphatic heterocycles. The number of nitrogens with zero attached hydrogens (tertiary/aromatic N) is 1. The summed E-state index contributed by atoms with van der Waals surface area (Å²) in [5.74, 6) is 0. The van der Waals surface area contributed by atoms with E-state index in [2.05, 4.69) is 0 Å². The van der Waals surface area contributed by atoms with E-state index in [9.17, 15) is 8.42 Å². The van der Waals surface area contributed by atoms with Crippen LogP contribution in [0.1, 0.15) is 26.3 Å². The van der Waals surface area contributed by atoms with Crippen molar-refractivity contribution in [2.75, 3.05) is 6.54 Å². The van der Waals surface area contributed by atoms with Crippen LogP contribution in [-0.2, 0) is 16.6 Å². The second-order valence-corrected chi connectivity index (χ2v) is 7.02. The highest BCUT2D eigenvalue weighted by atomic mass is 32.2. The molecule has 0 bridgehead atoms. The SMILES string of the molecule is CC(C)N(Cc1ccccc1)S(=O)(=O)C(C)CN. The van der Waals surface area contributed by atoms with Crippen LogP contribution in [0.4, 0.5) is 0 Å². The summed E-state index contributed by atoms with van der Waals surface area (Å²) in [7, 11) is -3.34. The Kier molecular flexibility index (Phi) is 5.31. The first kappa shape index (κ1) is 15.1. The molecule has 1 atom stereocenters. The van der Waals surface area contributed by atoms with Crippen LogP contribution in [0.5, 0.6) is 0 Å². The Balaban J connectivity index is 2.98. The smallest absolute Gasteiger partial charge is 0.218 e.